The van der Waals surface area contributed by atoms with Gasteiger partial charge in [0.05, 0.1) is 19.3 Å². The van der Waals surface area contributed by atoms with Crippen molar-refractivity contribution in [3.63, 3.8) is 0 Å². The Bertz CT molecular complexity index is 1300. The summed E-state index contributed by atoms with van der Waals surface area (Å²) in [6.07, 6.45) is 3.21. The van der Waals surface area contributed by atoms with E-state index in [-0.39, 0.29) is 17.8 Å². The number of aryl methyl sites for hydroxylation is 1. The standard InChI is InChI=1S/C25H23FN4O3/c1-32-24-9-7-22(29-30-24)20-12-17(26)10-16-11-18(33-25(16)20)14-28-23(31)8-6-15-13-27-21-5-3-2-4-19(15)21/h2-5,7,9-10,12-13,18,27H,6,8,11,14H2,1H3,(H,28,31). The summed E-state index contributed by atoms with van der Waals surface area (Å²) in [6.45, 7) is 0.344. The molecule has 2 N–H and O–H groups in total. The van der Waals surface area contributed by atoms with Crippen molar-refractivity contribution in [2.24, 2.45) is 0 Å². The first-order valence-electron chi connectivity index (χ1n) is 10.8. The van der Waals surface area contributed by atoms with Crippen LogP contribution in [0.1, 0.15) is 17.5 Å². The topological polar surface area (TPSA) is 89.1 Å². The van der Waals surface area contributed by atoms with Crippen LogP contribution < -0.4 is 14.8 Å². The lowest BCUT2D eigenvalue weighted by Crippen LogP contribution is -2.34. The summed E-state index contributed by atoms with van der Waals surface area (Å²) in [6, 6.07) is 14.3. The predicted octanol–water partition coefficient (Wildman–Crippen LogP) is 3.83. The summed E-state index contributed by atoms with van der Waals surface area (Å²) < 4.78 is 25.4. The zero-order valence-corrected chi connectivity index (χ0v) is 18.1. The number of carbonyl (C=O) groups excluding carboxylic acids is 1. The van der Waals surface area contributed by atoms with Crippen LogP contribution in [0, 0.1) is 5.82 Å². The minimum Gasteiger partial charge on any atom is -0.487 e. The van der Waals surface area contributed by atoms with Gasteiger partial charge in [-0.25, -0.2) is 4.39 Å². The van der Waals surface area contributed by atoms with E-state index < -0.39 is 0 Å². The van der Waals surface area contributed by atoms with Gasteiger partial charge in [-0.1, -0.05) is 18.2 Å². The van der Waals surface area contributed by atoms with Crippen LogP contribution >= 0.6 is 0 Å². The molecule has 5 rings (SSSR count). The number of aromatic nitrogens is 3. The molecule has 0 saturated carbocycles. The first-order chi connectivity index (χ1) is 16.1. The molecule has 2 aromatic carbocycles. The highest BCUT2D eigenvalue weighted by Gasteiger charge is 2.28. The van der Waals surface area contributed by atoms with Gasteiger partial charge in [-0.3, -0.25) is 4.79 Å². The molecule has 3 heterocycles. The molecule has 33 heavy (non-hydrogen) atoms. The molecule has 168 valence electrons. The first kappa shape index (κ1) is 20.9. The molecule has 4 aromatic rings. The molecule has 1 unspecified atom stereocenters. The number of nitrogens with zero attached hydrogens (tertiary/aromatic N) is 2. The van der Waals surface area contributed by atoms with E-state index >= 15 is 0 Å². The number of rotatable bonds is 7. The third-order valence-corrected chi connectivity index (χ3v) is 5.81. The van der Waals surface area contributed by atoms with Crippen LogP contribution in [-0.2, 0) is 17.6 Å². The van der Waals surface area contributed by atoms with Gasteiger partial charge in [-0.2, -0.15) is 0 Å². The number of nitrogens with one attached hydrogen (secondary N) is 2. The summed E-state index contributed by atoms with van der Waals surface area (Å²) in [7, 11) is 1.51. The van der Waals surface area contributed by atoms with Gasteiger partial charge in [0.1, 0.15) is 17.7 Å². The quantitative estimate of drug-likeness (QED) is 0.451. The number of para-hydroxylation sites is 1. The van der Waals surface area contributed by atoms with E-state index in [9.17, 15) is 9.18 Å². The van der Waals surface area contributed by atoms with Gasteiger partial charge in [0.25, 0.3) is 0 Å². The summed E-state index contributed by atoms with van der Waals surface area (Å²) in [5.41, 5.74) is 3.96. The van der Waals surface area contributed by atoms with Crippen molar-refractivity contribution in [3.8, 4) is 22.9 Å². The van der Waals surface area contributed by atoms with Crippen LogP contribution in [0.5, 0.6) is 11.6 Å². The molecule has 2 aromatic heterocycles. The Morgan fingerprint density at radius 3 is 2.94 bits per heavy atom. The van der Waals surface area contributed by atoms with Gasteiger partial charge < -0.3 is 19.8 Å². The van der Waals surface area contributed by atoms with E-state index in [1.807, 2.05) is 30.5 Å². The zero-order valence-electron chi connectivity index (χ0n) is 18.1. The van der Waals surface area contributed by atoms with Gasteiger partial charge in [0.15, 0.2) is 0 Å². The first-order valence-corrected chi connectivity index (χ1v) is 10.8. The summed E-state index contributed by atoms with van der Waals surface area (Å²) in [5, 5.41) is 12.2. The molecule has 7 nitrogen and oxygen atoms in total. The maximum Gasteiger partial charge on any atom is 0.233 e. The van der Waals surface area contributed by atoms with Crippen LogP contribution in [0.3, 0.4) is 0 Å². The largest absolute Gasteiger partial charge is 0.487 e. The Balaban J connectivity index is 1.21. The fraction of sp³-hybridized carbons (Fsp3) is 0.240. The van der Waals surface area contributed by atoms with Crippen molar-refractivity contribution in [2.45, 2.75) is 25.4 Å². The highest BCUT2D eigenvalue weighted by molar-refractivity contribution is 5.84. The number of methoxy groups -OCH3 is 1. The Morgan fingerprint density at radius 2 is 2.12 bits per heavy atom. The third-order valence-electron chi connectivity index (χ3n) is 5.81. The van der Waals surface area contributed by atoms with E-state index in [1.54, 1.807) is 12.1 Å². The summed E-state index contributed by atoms with van der Waals surface area (Å²) in [4.78, 5) is 15.7. The summed E-state index contributed by atoms with van der Waals surface area (Å²) >= 11 is 0. The molecule has 1 aliphatic heterocycles. The van der Waals surface area contributed by atoms with Gasteiger partial charge >= 0.3 is 0 Å². The van der Waals surface area contributed by atoms with Gasteiger partial charge in [0, 0.05) is 47.1 Å². The molecule has 1 amide bonds. The van der Waals surface area contributed by atoms with Crippen LogP contribution in [0.2, 0.25) is 0 Å². The van der Waals surface area contributed by atoms with E-state index in [4.69, 9.17) is 9.47 Å². The highest BCUT2D eigenvalue weighted by atomic mass is 19.1. The third kappa shape index (κ3) is 4.37. The Morgan fingerprint density at radius 1 is 1.24 bits per heavy atom. The molecule has 0 aliphatic carbocycles. The number of amides is 1. The number of hydrogen-bond acceptors (Lipinski definition) is 5. The molecule has 0 fully saturated rings. The fourth-order valence-electron chi connectivity index (χ4n) is 4.17. The Labute approximate surface area is 189 Å². The van der Waals surface area contributed by atoms with E-state index in [1.165, 1.54) is 19.2 Å². The molecular weight excluding hydrogens is 423 g/mol. The number of hydrogen-bond donors (Lipinski definition) is 2. The minimum absolute atomic E-state index is 0.0488. The van der Waals surface area contributed by atoms with Gasteiger partial charge in [-0.05, 0) is 36.2 Å². The number of H-pyrrole nitrogens is 1. The number of halogens is 1. The molecule has 0 saturated heterocycles. The highest BCUT2D eigenvalue weighted by Crippen LogP contribution is 2.39. The molecule has 1 aliphatic rings. The summed E-state index contributed by atoms with van der Waals surface area (Å²) in [5.74, 6) is 0.537. The maximum atomic E-state index is 14.2. The van der Waals surface area contributed by atoms with Crippen LogP contribution in [0.15, 0.2) is 54.7 Å². The maximum absolute atomic E-state index is 14.2. The lowest BCUT2D eigenvalue weighted by molar-refractivity contribution is -0.121. The van der Waals surface area contributed by atoms with Crippen molar-refractivity contribution >= 4 is 16.8 Å². The normalized spacial score (nSPS) is 14.7. The average molecular weight is 446 g/mol. The second kappa shape index (κ2) is 8.90. The lowest BCUT2D eigenvalue weighted by atomic mass is 10.0. The predicted molar refractivity (Wildman–Crippen MR) is 122 cm³/mol. The molecule has 0 spiro atoms. The van der Waals surface area contributed by atoms with Crippen molar-refractivity contribution in [2.75, 3.05) is 13.7 Å². The minimum atomic E-state index is -0.367. The van der Waals surface area contributed by atoms with Gasteiger partial charge in [0.2, 0.25) is 11.8 Å². The Hall–Kier alpha value is -3.94. The average Bonchev–Trinajstić information content (AvgIpc) is 3.44. The molecule has 1 atom stereocenters. The van der Waals surface area contributed by atoms with E-state index in [2.05, 4.69) is 20.5 Å². The van der Waals surface area contributed by atoms with Crippen LogP contribution in [0.25, 0.3) is 22.2 Å². The van der Waals surface area contributed by atoms with E-state index in [0.29, 0.717) is 48.7 Å². The van der Waals surface area contributed by atoms with Crippen LogP contribution in [-0.4, -0.2) is 40.8 Å². The second-order valence-electron chi connectivity index (χ2n) is 8.01. The molecular formula is C25H23FN4O3. The smallest absolute Gasteiger partial charge is 0.233 e. The molecule has 0 radical (unpaired) electrons. The lowest BCUT2D eigenvalue weighted by Gasteiger charge is -2.13. The number of ether oxygens (including phenoxy) is 2. The van der Waals surface area contributed by atoms with Crippen molar-refractivity contribution in [1.29, 1.82) is 0 Å². The zero-order chi connectivity index (χ0) is 22.8. The number of carbonyl (C=O) groups is 1. The van der Waals surface area contributed by atoms with Gasteiger partial charge in [-0.15, -0.1) is 10.2 Å². The molecule has 0 bridgehead atoms. The monoisotopic (exact) mass is 446 g/mol. The van der Waals surface area contributed by atoms with E-state index in [0.717, 1.165) is 22.0 Å². The SMILES string of the molecule is COc1ccc(-c2cc(F)cc3c2OC(CNC(=O)CCc2c[nH]c4ccccc24)C3)nn1. The number of fused-ring (bicyclic) bond motifs is 2. The molecule has 8 heteroatoms. The van der Waals surface area contributed by atoms with Crippen molar-refractivity contribution < 1.29 is 18.7 Å². The van der Waals surface area contributed by atoms with Crippen LogP contribution in [0.4, 0.5) is 4.39 Å². The van der Waals surface area contributed by atoms with Crippen molar-refractivity contribution in [1.82, 2.24) is 20.5 Å². The fourth-order valence-corrected chi connectivity index (χ4v) is 4.17. The Kier molecular flexibility index (Phi) is 5.64. The number of aromatic amines is 1. The van der Waals surface area contributed by atoms with Crippen molar-refractivity contribution in [3.05, 3.63) is 71.7 Å². The second-order valence-corrected chi connectivity index (χ2v) is 8.01. The number of benzene rings is 2.